The molecule has 7 nitrogen and oxygen atoms in total. The van der Waals surface area contributed by atoms with Gasteiger partial charge < -0.3 is 26.7 Å². The fourth-order valence-corrected chi connectivity index (χ4v) is 4.20. The molecular weight excluding hydrogens is 465 g/mol. The van der Waals surface area contributed by atoms with Gasteiger partial charge in [0.25, 0.3) is 0 Å². The van der Waals surface area contributed by atoms with Crippen LogP contribution in [-0.4, -0.2) is 43.9 Å². The van der Waals surface area contributed by atoms with Gasteiger partial charge in [-0.2, -0.15) is 5.26 Å². The second-order valence-corrected chi connectivity index (χ2v) is 7.94. The minimum absolute atomic E-state index is 0.0924. The highest BCUT2D eigenvalue weighted by Gasteiger charge is 2.24. The number of halogens is 1. The summed E-state index contributed by atoms with van der Waals surface area (Å²) in [7, 11) is 1.70. The van der Waals surface area contributed by atoms with Gasteiger partial charge in [-0.1, -0.05) is 39.8 Å². The number of rotatable bonds is 5. The number of nitrogens with zero attached hydrogens (tertiary/aromatic N) is 3. The van der Waals surface area contributed by atoms with E-state index in [0.29, 0.717) is 16.8 Å². The molecule has 0 unspecified atom stereocenters. The monoisotopic (exact) mass is 503 g/mol. The van der Waals surface area contributed by atoms with Crippen LogP contribution in [0.25, 0.3) is 22.4 Å². The van der Waals surface area contributed by atoms with E-state index in [9.17, 15) is 9.65 Å². The summed E-state index contributed by atoms with van der Waals surface area (Å²) in [5.41, 5.74) is 10.3. The molecule has 0 bridgehead atoms. The molecule has 5 N–H and O–H groups in total. The molecule has 0 saturated carbocycles. The van der Waals surface area contributed by atoms with Crippen LogP contribution in [0.2, 0.25) is 0 Å². The number of hydrogen-bond acceptors (Lipinski definition) is 7. The Balaban J connectivity index is 0.00000115. The first-order valence-electron chi connectivity index (χ1n) is 12.8. The third kappa shape index (κ3) is 6.43. The molecule has 1 aliphatic rings. The molecular formula is C29H38FN7. The number of aromatic nitrogens is 1. The summed E-state index contributed by atoms with van der Waals surface area (Å²) < 4.78 is 14.9. The summed E-state index contributed by atoms with van der Waals surface area (Å²) in [6.45, 7) is 13.3. The van der Waals surface area contributed by atoms with Crippen molar-refractivity contribution < 1.29 is 4.39 Å². The maximum Gasteiger partial charge on any atom is 0.134 e. The zero-order valence-electron chi connectivity index (χ0n) is 22.7. The maximum atomic E-state index is 14.9. The van der Waals surface area contributed by atoms with Crippen LogP contribution in [0.15, 0.2) is 42.5 Å². The van der Waals surface area contributed by atoms with Gasteiger partial charge in [0.2, 0.25) is 0 Å². The average molecular weight is 504 g/mol. The van der Waals surface area contributed by atoms with Gasteiger partial charge in [-0.3, -0.25) is 0 Å². The smallest absolute Gasteiger partial charge is 0.134 e. The Kier molecular flexibility index (Phi) is 11.0. The van der Waals surface area contributed by atoms with E-state index in [-0.39, 0.29) is 28.4 Å². The largest absolute Gasteiger partial charge is 0.388 e. The lowest BCUT2D eigenvalue weighted by Crippen LogP contribution is -2.43. The van der Waals surface area contributed by atoms with Gasteiger partial charge in [0.15, 0.2) is 0 Å². The molecule has 1 saturated heterocycles. The van der Waals surface area contributed by atoms with Crippen LogP contribution >= 0.6 is 0 Å². The molecule has 0 aliphatic carbocycles. The van der Waals surface area contributed by atoms with Crippen molar-refractivity contribution in [2.75, 3.05) is 49.2 Å². The number of nitriles is 1. The topological polar surface area (TPSA) is 114 Å². The van der Waals surface area contributed by atoms with Crippen molar-refractivity contribution in [1.82, 2.24) is 10.3 Å². The zero-order valence-corrected chi connectivity index (χ0v) is 22.7. The van der Waals surface area contributed by atoms with E-state index in [1.54, 1.807) is 26.1 Å². The minimum atomic E-state index is -0.510. The quantitative estimate of drug-likeness (QED) is 0.322. The molecule has 196 valence electrons. The Morgan fingerprint density at radius 1 is 1.11 bits per heavy atom. The number of nitrogens with one attached hydrogen (secondary N) is 3. The predicted octanol–water partition coefficient (Wildman–Crippen LogP) is 5.90. The molecule has 0 radical (unpaired) electrons. The van der Waals surface area contributed by atoms with E-state index < -0.39 is 5.82 Å². The maximum absolute atomic E-state index is 14.9. The van der Waals surface area contributed by atoms with Crippen molar-refractivity contribution in [3.63, 3.8) is 0 Å². The summed E-state index contributed by atoms with van der Waals surface area (Å²) in [5, 5.41) is 24.6. The molecule has 0 spiro atoms. The SMILES string of the molecule is CC.CC.CNc1ccc(-c2nc(N)c(C(C)=N)c(-c3ccc(N4CCNCC4)cc3)c2C#N)c(F)c1. The van der Waals surface area contributed by atoms with Crippen LogP contribution in [0, 0.1) is 22.6 Å². The van der Waals surface area contributed by atoms with E-state index in [1.807, 2.05) is 52.0 Å². The second kappa shape index (κ2) is 14.0. The van der Waals surface area contributed by atoms with Gasteiger partial charge in [-0.15, -0.1) is 0 Å². The molecule has 4 rings (SSSR count). The number of nitrogens with two attached hydrogens (primary N) is 1. The summed E-state index contributed by atoms with van der Waals surface area (Å²) >= 11 is 0. The van der Waals surface area contributed by atoms with Gasteiger partial charge in [0, 0.05) is 67.0 Å². The molecule has 2 heterocycles. The van der Waals surface area contributed by atoms with Gasteiger partial charge >= 0.3 is 0 Å². The van der Waals surface area contributed by atoms with Gasteiger partial charge in [0.05, 0.1) is 11.3 Å². The lowest BCUT2D eigenvalue weighted by molar-refractivity contribution is 0.589. The Morgan fingerprint density at radius 2 is 1.73 bits per heavy atom. The Labute approximate surface area is 220 Å². The summed E-state index contributed by atoms with van der Waals surface area (Å²) in [5.74, 6) is -0.417. The highest BCUT2D eigenvalue weighted by Crippen LogP contribution is 2.38. The normalized spacial score (nSPS) is 12.3. The first kappa shape index (κ1) is 29.3. The Hall–Kier alpha value is -3.96. The van der Waals surface area contributed by atoms with Gasteiger partial charge in [-0.25, -0.2) is 9.37 Å². The van der Waals surface area contributed by atoms with Crippen molar-refractivity contribution >= 4 is 22.9 Å². The Morgan fingerprint density at radius 3 is 2.24 bits per heavy atom. The van der Waals surface area contributed by atoms with Crippen LogP contribution in [0.5, 0.6) is 0 Å². The number of pyridine rings is 1. The molecule has 3 aromatic rings. The molecule has 0 amide bonds. The minimum Gasteiger partial charge on any atom is -0.388 e. The third-order valence-electron chi connectivity index (χ3n) is 5.86. The first-order valence-corrected chi connectivity index (χ1v) is 12.8. The van der Waals surface area contributed by atoms with E-state index >= 15 is 0 Å². The van der Waals surface area contributed by atoms with Crippen LogP contribution in [-0.2, 0) is 0 Å². The van der Waals surface area contributed by atoms with Crippen molar-refractivity contribution in [3.05, 3.63) is 59.4 Å². The lowest BCUT2D eigenvalue weighted by Gasteiger charge is -2.29. The van der Waals surface area contributed by atoms with E-state index in [0.717, 1.165) is 37.4 Å². The molecule has 8 heteroatoms. The fourth-order valence-electron chi connectivity index (χ4n) is 4.20. The Bertz CT molecular complexity index is 1240. The highest BCUT2D eigenvalue weighted by molar-refractivity contribution is 6.08. The van der Waals surface area contributed by atoms with Crippen LogP contribution < -0.4 is 21.3 Å². The number of anilines is 3. The molecule has 1 fully saturated rings. The van der Waals surface area contributed by atoms with Crippen molar-refractivity contribution in [2.45, 2.75) is 34.6 Å². The summed E-state index contributed by atoms with van der Waals surface area (Å²) in [6, 6.07) is 14.7. The number of hydrogen-bond donors (Lipinski definition) is 4. The molecule has 0 atom stereocenters. The van der Waals surface area contributed by atoms with Gasteiger partial charge in [-0.05, 0) is 42.8 Å². The summed E-state index contributed by atoms with van der Waals surface area (Å²) in [6.07, 6.45) is 0. The average Bonchev–Trinajstić information content (AvgIpc) is 2.95. The van der Waals surface area contributed by atoms with Crippen LogP contribution in [0.3, 0.4) is 0 Å². The highest BCUT2D eigenvalue weighted by atomic mass is 19.1. The van der Waals surface area contributed by atoms with E-state index in [2.05, 4.69) is 26.6 Å². The van der Waals surface area contributed by atoms with E-state index in [4.69, 9.17) is 11.1 Å². The second-order valence-electron chi connectivity index (χ2n) is 7.94. The molecule has 2 aromatic carbocycles. The first-order chi connectivity index (χ1) is 17.9. The number of piperazine rings is 1. The van der Waals surface area contributed by atoms with Crippen molar-refractivity contribution in [3.8, 4) is 28.5 Å². The standard InChI is InChI=1S/C25H26FN7.2C2H6/c1-15(28)22-23(16-3-6-18(7-4-16)33-11-9-31-10-12-33)20(14-27)24(32-25(22)29)19-8-5-17(30-2)13-21(19)26;2*1-2/h3-8,13,28,30-31H,9-12H2,1-2H3,(H2,29,32);2*1-2H3. The van der Waals surface area contributed by atoms with Gasteiger partial charge in [0.1, 0.15) is 17.7 Å². The zero-order chi connectivity index (χ0) is 27.5. The predicted molar refractivity (Wildman–Crippen MR) is 154 cm³/mol. The molecule has 1 aromatic heterocycles. The van der Waals surface area contributed by atoms with Crippen molar-refractivity contribution in [1.29, 1.82) is 10.7 Å². The van der Waals surface area contributed by atoms with Crippen LogP contribution in [0.1, 0.15) is 45.7 Å². The lowest BCUT2D eigenvalue weighted by atomic mass is 9.90. The number of nitrogen functional groups attached to an aromatic ring is 1. The van der Waals surface area contributed by atoms with Crippen LogP contribution in [0.4, 0.5) is 21.6 Å². The third-order valence-corrected chi connectivity index (χ3v) is 5.86. The summed E-state index contributed by atoms with van der Waals surface area (Å²) in [4.78, 5) is 6.66. The number of benzene rings is 2. The fraction of sp³-hybridized carbons (Fsp3) is 0.345. The molecule has 1 aliphatic heterocycles. The van der Waals surface area contributed by atoms with E-state index in [1.165, 1.54) is 6.07 Å². The molecule has 37 heavy (non-hydrogen) atoms. The van der Waals surface area contributed by atoms with Crippen molar-refractivity contribution in [2.24, 2.45) is 0 Å².